The van der Waals surface area contributed by atoms with Gasteiger partial charge in [0, 0.05) is 6.12 Å². The highest BCUT2D eigenvalue weighted by Gasteiger charge is 2.11. The van der Waals surface area contributed by atoms with Crippen molar-refractivity contribution in [2.45, 2.75) is 40.5 Å². The Morgan fingerprint density at radius 2 is 1.20 bits per heavy atom. The van der Waals surface area contributed by atoms with E-state index in [1.165, 1.54) is 0 Å². The van der Waals surface area contributed by atoms with E-state index in [1.807, 2.05) is 0 Å². The first kappa shape index (κ1) is 16.1. The SMILES string of the molecule is CC(C)CCO[P+]([S-])([S-])OCCC(C)C. The molecule has 0 bridgehead atoms. The lowest BCUT2D eigenvalue weighted by Crippen LogP contribution is -2.04. The predicted octanol–water partition coefficient (Wildman–Crippen LogP) is 3.88. The van der Waals surface area contributed by atoms with Crippen LogP contribution in [0.15, 0.2) is 0 Å². The molecule has 0 spiro atoms. The van der Waals surface area contributed by atoms with Gasteiger partial charge in [0.05, 0.1) is 13.2 Å². The van der Waals surface area contributed by atoms with Crippen LogP contribution in [0.3, 0.4) is 0 Å². The van der Waals surface area contributed by atoms with E-state index < -0.39 is 6.12 Å². The fourth-order valence-corrected chi connectivity index (χ4v) is 2.46. The van der Waals surface area contributed by atoms with E-state index in [2.05, 4.69) is 27.7 Å². The van der Waals surface area contributed by atoms with Crippen molar-refractivity contribution in [2.75, 3.05) is 13.2 Å². The van der Waals surface area contributed by atoms with Crippen molar-refractivity contribution >= 4 is 30.6 Å². The molecule has 0 radical (unpaired) electrons. The van der Waals surface area contributed by atoms with E-state index in [-0.39, 0.29) is 0 Å². The average Bonchev–Trinajstić information content (AvgIpc) is 2.01. The Kier molecular flexibility index (Phi) is 8.76. The quantitative estimate of drug-likeness (QED) is 0.491. The monoisotopic (exact) mass is 269 g/mol. The van der Waals surface area contributed by atoms with Gasteiger partial charge in [0.15, 0.2) is 0 Å². The molecular weight excluding hydrogens is 247 g/mol. The molecular formula is C10H22O2PS2-. The lowest BCUT2D eigenvalue weighted by atomic mass is 10.2. The summed E-state index contributed by atoms with van der Waals surface area (Å²) in [6.45, 7) is 9.84. The Morgan fingerprint density at radius 3 is 1.47 bits per heavy atom. The Bertz CT molecular complexity index is 148. The van der Waals surface area contributed by atoms with Gasteiger partial charge >= 0.3 is 0 Å². The largest absolute Gasteiger partial charge is 0.516 e. The third-order valence-corrected chi connectivity index (χ3v) is 4.15. The summed E-state index contributed by atoms with van der Waals surface area (Å²) < 4.78 is 10.9. The highest BCUT2D eigenvalue weighted by Crippen LogP contribution is 2.56. The van der Waals surface area contributed by atoms with Crippen LogP contribution in [-0.2, 0) is 33.5 Å². The second kappa shape index (κ2) is 8.19. The maximum absolute atomic E-state index is 5.44. The molecule has 2 nitrogen and oxygen atoms in total. The number of rotatable bonds is 8. The van der Waals surface area contributed by atoms with Crippen LogP contribution in [0.1, 0.15) is 40.5 Å². The minimum Gasteiger partial charge on any atom is -0.516 e. The zero-order valence-corrected chi connectivity index (χ0v) is 12.6. The molecule has 15 heavy (non-hydrogen) atoms. The summed E-state index contributed by atoms with van der Waals surface area (Å²) in [5.41, 5.74) is 0. The van der Waals surface area contributed by atoms with E-state index in [4.69, 9.17) is 33.5 Å². The Hall–Kier alpha value is 1.05. The van der Waals surface area contributed by atoms with E-state index in [9.17, 15) is 0 Å². The Morgan fingerprint density at radius 1 is 0.867 bits per heavy atom. The van der Waals surface area contributed by atoms with Gasteiger partial charge in [-0.05, 0) is 24.7 Å². The van der Waals surface area contributed by atoms with Crippen molar-refractivity contribution in [3.8, 4) is 0 Å². The van der Waals surface area contributed by atoms with Crippen LogP contribution < -0.4 is 0 Å². The average molecular weight is 269 g/mol. The summed E-state index contributed by atoms with van der Waals surface area (Å²) in [6.07, 6.45) is -0.411. The zero-order chi connectivity index (χ0) is 11.9. The predicted molar refractivity (Wildman–Crippen MR) is 72.5 cm³/mol. The molecule has 0 aliphatic carbocycles. The molecule has 0 saturated heterocycles. The van der Waals surface area contributed by atoms with Crippen molar-refractivity contribution in [3.05, 3.63) is 0 Å². The van der Waals surface area contributed by atoms with Crippen LogP contribution in [0, 0.1) is 11.8 Å². The third kappa shape index (κ3) is 11.3. The highest BCUT2D eigenvalue weighted by molar-refractivity contribution is 8.69. The van der Waals surface area contributed by atoms with Crippen LogP contribution in [0.5, 0.6) is 0 Å². The van der Waals surface area contributed by atoms with Crippen molar-refractivity contribution < 1.29 is 9.05 Å². The smallest absolute Gasteiger partial charge is 0.0894 e. The maximum Gasteiger partial charge on any atom is 0.0894 e. The van der Waals surface area contributed by atoms with E-state index >= 15 is 0 Å². The van der Waals surface area contributed by atoms with Crippen molar-refractivity contribution in [1.82, 2.24) is 0 Å². The van der Waals surface area contributed by atoms with Crippen LogP contribution in [0.4, 0.5) is 0 Å². The maximum atomic E-state index is 5.44. The fraction of sp³-hybridized carbons (Fsp3) is 1.00. The number of hydrogen-bond donors (Lipinski definition) is 0. The summed E-state index contributed by atoms with van der Waals surface area (Å²) in [6, 6.07) is 0. The first-order valence-corrected chi connectivity index (χ1v) is 9.09. The normalized spacial score (nSPS) is 12.8. The van der Waals surface area contributed by atoms with Crippen LogP contribution in [0.2, 0.25) is 0 Å². The lowest BCUT2D eigenvalue weighted by molar-refractivity contribution is 0.235. The van der Waals surface area contributed by atoms with Crippen molar-refractivity contribution in [3.63, 3.8) is 0 Å². The second-order valence-electron chi connectivity index (χ2n) is 4.48. The van der Waals surface area contributed by atoms with Crippen molar-refractivity contribution in [1.29, 1.82) is 0 Å². The van der Waals surface area contributed by atoms with Gasteiger partial charge in [-0.15, -0.1) is 0 Å². The molecule has 0 aromatic heterocycles. The second-order valence-corrected chi connectivity index (χ2v) is 9.47. The van der Waals surface area contributed by atoms with Gasteiger partial charge in [0.25, 0.3) is 0 Å². The minimum atomic E-state index is -2.39. The summed E-state index contributed by atoms with van der Waals surface area (Å²) in [4.78, 5) is 0. The molecule has 0 heterocycles. The molecule has 0 amide bonds. The van der Waals surface area contributed by atoms with Crippen LogP contribution >= 0.6 is 6.12 Å². The molecule has 0 saturated carbocycles. The molecule has 0 N–H and O–H groups in total. The van der Waals surface area contributed by atoms with Gasteiger partial charge in [-0.3, -0.25) is 9.05 Å². The first-order chi connectivity index (χ1) is 6.83. The van der Waals surface area contributed by atoms with Gasteiger partial charge in [0.1, 0.15) is 0 Å². The molecule has 0 aromatic carbocycles. The minimum absolute atomic E-state index is 0.616. The van der Waals surface area contributed by atoms with Gasteiger partial charge in [-0.2, -0.15) is 0 Å². The van der Waals surface area contributed by atoms with Gasteiger partial charge in [-0.25, -0.2) is 0 Å². The highest BCUT2D eigenvalue weighted by atomic mass is 33.1. The summed E-state index contributed by atoms with van der Waals surface area (Å²) in [5.74, 6) is 1.23. The Balaban J connectivity index is 3.57. The lowest BCUT2D eigenvalue weighted by Gasteiger charge is -2.34. The molecule has 0 unspecified atom stereocenters. The van der Waals surface area contributed by atoms with Gasteiger partial charge in [0.2, 0.25) is 0 Å². The topological polar surface area (TPSA) is 18.5 Å². The molecule has 5 heteroatoms. The summed E-state index contributed by atoms with van der Waals surface area (Å²) >= 11 is 10.3. The molecule has 0 aliphatic heterocycles. The van der Waals surface area contributed by atoms with E-state index in [1.54, 1.807) is 0 Å². The standard InChI is InChI=1S/C10H23O2PS2/c1-9(2)5-7-11-13(14,15)12-8-6-10(3)4/h9-10H,5-8H2,1-4H3,(H,14,15)/p-1. The molecule has 0 fully saturated rings. The van der Waals surface area contributed by atoms with Gasteiger partial charge in [-0.1, -0.05) is 27.7 Å². The first-order valence-electron chi connectivity index (χ1n) is 5.43. The molecule has 0 atom stereocenters. The third-order valence-electron chi connectivity index (χ3n) is 1.89. The van der Waals surface area contributed by atoms with Crippen LogP contribution in [-0.4, -0.2) is 13.2 Å². The van der Waals surface area contributed by atoms with E-state index in [0.29, 0.717) is 25.0 Å². The zero-order valence-electron chi connectivity index (χ0n) is 10.1. The van der Waals surface area contributed by atoms with Gasteiger partial charge < -0.3 is 24.5 Å². The van der Waals surface area contributed by atoms with Crippen molar-refractivity contribution in [2.24, 2.45) is 11.8 Å². The molecule has 0 rings (SSSR count). The summed E-state index contributed by atoms with van der Waals surface area (Å²) in [5, 5.41) is 0. The molecule has 0 aromatic rings. The molecule has 92 valence electrons. The van der Waals surface area contributed by atoms with Crippen LogP contribution in [0.25, 0.3) is 0 Å². The fourth-order valence-electron chi connectivity index (χ4n) is 0.838. The van der Waals surface area contributed by atoms with E-state index in [0.717, 1.165) is 12.8 Å². The molecule has 0 aliphatic rings. The summed E-state index contributed by atoms with van der Waals surface area (Å²) in [7, 11) is 0. The Labute approximate surface area is 105 Å². The number of hydrogen-bond acceptors (Lipinski definition) is 4.